The molecule has 0 saturated carbocycles. The standard InChI is InChI=1S/C48H51N6O/c1-28-17-24-33-34-25-18-29(2)49-42(34)55-40(33)39(28)43-53(12)37-15-13-14-16-38(37)54(43)36-26-23-32(27-35(36)46(3,4)5)30-19-21-31(22-20-30)41-50-44(47(6,7)8)52-45(51-41)48(9,10)11/h13-27H,1-12H3/q+1/i2D3. The van der Waals surface area contributed by atoms with Crippen LogP contribution in [-0.2, 0) is 23.3 Å². The predicted octanol–water partition coefficient (Wildman–Crippen LogP) is 11.4. The number of pyridine rings is 1. The number of rotatable bonds is 4. The third-order valence-electron chi connectivity index (χ3n) is 10.5. The van der Waals surface area contributed by atoms with Gasteiger partial charge in [0.1, 0.15) is 22.9 Å². The van der Waals surface area contributed by atoms with Crippen LogP contribution in [0.15, 0.2) is 95.4 Å². The van der Waals surface area contributed by atoms with Crippen LogP contribution in [0.2, 0.25) is 0 Å². The average molecular weight is 731 g/mol. The van der Waals surface area contributed by atoms with Gasteiger partial charge in [0.2, 0.25) is 5.71 Å². The van der Waals surface area contributed by atoms with Gasteiger partial charge in [0.25, 0.3) is 5.82 Å². The molecule has 0 aliphatic rings. The molecule has 4 heterocycles. The maximum atomic E-state index is 7.96. The summed E-state index contributed by atoms with van der Waals surface area (Å²) in [7, 11) is 2.09. The van der Waals surface area contributed by atoms with E-state index in [1.807, 2.05) is 12.1 Å². The lowest BCUT2D eigenvalue weighted by molar-refractivity contribution is -0.633. The second-order valence-electron chi connectivity index (χ2n) is 17.9. The van der Waals surface area contributed by atoms with E-state index in [1.165, 1.54) is 5.56 Å². The van der Waals surface area contributed by atoms with E-state index in [9.17, 15) is 0 Å². The Balaban J connectivity index is 1.30. The minimum Gasteiger partial charge on any atom is -0.437 e. The Kier molecular flexibility index (Phi) is 7.55. The van der Waals surface area contributed by atoms with Gasteiger partial charge >= 0.3 is 0 Å². The number of hydrogen-bond donors (Lipinski definition) is 0. The van der Waals surface area contributed by atoms with Gasteiger partial charge in [0, 0.05) is 42.5 Å². The molecule has 8 rings (SSSR count). The van der Waals surface area contributed by atoms with Crippen LogP contribution in [0.1, 0.15) is 94.9 Å². The molecule has 0 fully saturated rings. The Morgan fingerprint density at radius 2 is 1.29 bits per heavy atom. The molecule has 7 heteroatoms. The summed E-state index contributed by atoms with van der Waals surface area (Å²) in [5.74, 6) is 3.20. The number of hydrogen-bond acceptors (Lipinski definition) is 5. The second-order valence-corrected chi connectivity index (χ2v) is 17.9. The fraction of sp³-hybridized carbons (Fsp3) is 0.312. The highest BCUT2D eigenvalue weighted by atomic mass is 16.3. The molecule has 7 nitrogen and oxygen atoms in total. The SMILES string of the molecule is [2H]C([2H])([2H])c1ccc2c(n1)oc1c(-c3n(-c4ccc(-c5ccc(-c6nc(C(C)(C)C)nc(C(C)(C)C)n6)cc5)cc4C(C)(C)C)c4ccccc4[n+]3C)c(C)ccc12. The number of aryl methyl sites for hydroxylation is 3. The van der Waals surface area contributed by atoms with Gasteiger partial charge in [-0.2, -0.15) is 4.57 Å². The molecule has 0 spiro atoms. The first-order valence-electron chi connectivity index (χ1n) is 20.5. The highest BCUT2D eigenvalue weighted by molar-refractivity contribution is 6.09. The number of fused-ring (bicyclic) bond motifs is 4. The fourth-order valence-electron chi connectivity index (χ4n) is 7.43. The molecule has 278 valence electrons. The minimum absolute atomic E-state index is 0.0107. The summed E-state index contributed by atoms with van der Waals surface area (Å²) in [6.07, 6.45) is 0. The summed E-state index contributed by atoms with van der Waals surface area (Å²) < 4.78 is 35.0. The van der Waals surface area contributed by atoms with E-state index in [0.717, 1.165) is 72.8 Å². The van der Waals surface area contributed by atoms with Crippen molar-refractivity contribution in [2.75, 3.05) is 0 Å². The summed E-state index contributed by atoms with van der Waals surface area (Å²) in [5.41, 5.74) is 9.78. The smallest absolute Gasteiger partial charge is 0.298 e. The molecule has 0 radical (unpaired) electrons. The van der Waals surface area contributed by atoms with Crippen LogP contribution in [0.3, 0.4) is 0 Å². The van der Waals surface area contributed by atoms with Crippen molar-refractivity contribution in [2.45, 2.75) is 92.3 Å². The third kappa shape index (κ3) is 6.29. The maximum Gasteiger partial charge on any atom is 0.298 e. The second kappa shape index (κ2) is 12.7. The third-order valence-corrected chi connectivity index (χ3v) is 10.5. The number of imidazole rings is 1. The van der Waals surface area contributed by atoms with Crippen LogP contribution < -0.4 is 4.57 Å². The van der Waals surface area contributed by atoms with Crippen LogP contribution in [0.4, 0.5) is 0 Å². The molecule has 0 aliphatic carbocycles. The van der Waals surface area contributed by atoms with Gasteiger partial charge in [-0.3, -0.25) is 0 Å². The largest absolute Gasteiger partial charge is 0.437 e. The highest BCUT2D eigenvalue weighted by Crippen LogP contribution is 2.41. The first-order valence-corrected chi connectivity index (χ1v) is 19.0. The Morgan fingerprint density at radius 3 is 1.95 bits per heavy atom. The van der Waals surface area contributed by atoms with Crippen LogP contribution in [0, 0.1) is 13.8 Å². The van der Waals surface area contributed by atoms with Crippen molar-refractivity contribution >= 4 is 33.1 Å². The number of furan rings is 1. The minimum atomic E-state index is -2.34. The number of para-hydroxylation sites is 2. The molecule has 0 amide bonds. The lowest BCUT2D eigenvalue weighted by Crippen LogP contribution is -2.30. The topological polar surface area (TPSA) is 73.5 Å². The van der Waals surface area contributed by atoms with Crippen molar-refractivity contribution in [3.8, 4) is 39.6 Å². The van der Waals surface area contributed by atoms with E-state index >= 15 is 0 Å². The van der Waals surface area contributed by atoms with Gasteiger partial charge in [-0.25, -0.2) is 24.5 Å². The summed E-state index contributed by atoms with van der Waals surface area (Å²) in [4.78, 5) is 19.2. The monoisotopic (exact) mass is 730 g/mol. The molecule has 4 aromatic heterocycles. The van der Waals surface area contributed by atoms with Crippen molar-refractivity contribution in [3.05, 3.63) is 119 Å². The first-order chi connectivity index (χ1) is 27.1. The van der Waals surface area contributed by atoms with Crippen LogP contribution >= 0.6 is 0 Å². The predicted molar refractivity (Wildman–Crippen MR) is 225 cm³/mol. The Labute approximate surface area is 328 Å². The normalized spacial score (nSPS) is 13.8. The lowest BCUT2D eigenvalue weighted by atomic mass is 9.83. The van der Waals surface area contributed by atoms with Gasteiger partial charge < -0.3 is 4.42 Å². The van der Waals surface area contributed by atoms with E-state index < -0.39 is 6.85 Å². The lowest BCUT2D eigenvalue weighted by Gasteiger charge is -2.23. The van der Waals surface area contributed by atoms with Gasteiger partial charge in [0.15, 0.2) is 22.4 Å². The number of nitrogens with zero attached hydrogens (tertiary/aromatic N) is 6. The molecule has 0 aliphatic heterocycles. The van der Waals surface area contributed by atoms with Crippen molar-refractivity contribution in [2.24, 2.45) is 7.05 Å². The zero-order valence-electron chi connectivity index (χ0n) is 36.8. The molecule has 0 atom stereocenters. The summed E-state index contributed by atoms with van der Waals surface area (Å²) in [6.45, 7) is 19.3. The maximum absolute atomic E-state index is 7.96. The Morgan fingerprint density at radius 1 is 0.655 bits per heavy atom. The van der Waals surface area contributed by atoms with E-state index in [2.05, 4.69) is 163 Å². The number of benzene rings is 4. The average Bonchev–Trinajstić information content (AvgIpc) is 3.67. The molecule has 8 aromatic rings. The molecular formula is C48H51N6O+. The Bertz CT molecular complexity index is 2870. The van der Waals surface area contributed by atoms with E-state index in [0.29, 0.717) is 17.1 Å². The summed E-state index contributed by atoms with van der Waals surface area (Å²) in [5, 5.41) is 1.66. The molecule has 4 aromatic carbocycles. The van der Waals surface area contributed by atoms with Gasteiger partial charge in [0.05, 0.1) is 7.05 Å². The van der Waals surface area contributed by atoms with Crippen LogP contribution in [0.25, 0.3) is 72.7 Å². The zero-order chi connectivity index (χ0) is 41.7. The van der Waals surface area contributed by atoms with Crippen molar-refractivity contribution in [3.63, 3.8) is 0 Å². The summed E-state index contributed by atoms with van der Waals surface area (Å²) >= 11 is 0. The van der Waals surface area contributed by atoms with Crippen LogP contribution in [0.5, 0.6) is 0 Å². The van der Waals surface area contributed by atoms with Gasteiger partial charge in [-0.05, 0) is 72.3 Å². The number of aromatic nitrogens is 6. The van der Waals surface area contributed by atoms with Crippen molar-refractivity contribution < 1.29 is 13.1 Å². The van der Waals surface area contributed by atoms with Gasteiger partial charge in [-0.1, -0.05) is 117 Å². The quantitative estimate of drug-likeness (QED) is 0.169. The molecule has 0 unspecified atom stereocenters. The van der Waals surface area contributed by atoms with Crippen LogP contribution in [-0.4, -0.2) is 24.5 Å². The van der Waals surface area contributed by atoms with Crippen molar-refractivity contribution in [1.29, 1.82) is 0 Å². The fourth-order valence-corrected chi connectivity index (χ4v) is 7.43. The highest BCUT2D eigenvalue weighted by Gasteiger charge is 2.34. The van der Waals surface area contributed by atoms with Crippen molar-refractivity contribution in [1.82, 2.24) is 24.5 Å². The molecular weight excluding hydrogens is 677 g/mol. The molecule has 0 saturated heterocycles. The first kappa shape index (κ1) is 32.7. The Hall–Kier alpha value is -5.69. The summed E-state index contributed by atoms with van der Waals surface area (Å²) in [6, 6.07) is 31.2. The van der Waals surface area contributed by atoms with E-state index in [4.69, 9.17) is 23.5 Å². The zero-order valence-corrected chi connectivity index (χ0v) is 33.8. The van der Waals surface area contributed by atoms with E-state index in [-0.39, 0.29) is 21.9 Å². The molecule has 0 N–H and O–H groups in total. The van der Waals surface area contributed by atoms with E-state index in [1.54, 1.807) is 6.07 Å². The van der Waals surface area contributed by atoms with Gasteiger partial charge in [-0.15, -0.1) is 0 Å². The molecule has 55 heavy (non-hydrogen) atoms. The molecule has 0 bridgehead atoms.